The van der Waals surface area contributed by atoms with Crippen molar-refractivity contribution in [2.24, 2.45) is 17.3 Å². The molecule has 0 radical (unpaired) electrons. The summed E-state index contributed by atoms with van der Waals surface area (Å²) in [6, 6.07) is 14.5. The van der Waals surface area contributed by atoms with Gasteiger partial charge in [-0.2, -0.15) is 0 Å². The van der Waals surface area contributed by atoms with Gasteiger partial charge >= 0.3 is 5.97 Å². The first-order chi connectivity index (χ1) is 28.0. The Kier molecular flexibility index (Phi) is 11.4. The summed E-state index contributed by atoms with van der Waals surface area (Å²) >= 11 is 0. The lowest BCUT2D eigenvalue weighted by molar-refractivity contribution is -0.150. The number of hydrogen-bond donors (Lipinski definition) is 1. The maximum Gasteiger partial charge on any atom is 0.306 e. The second-order valence-corrected chi connectivity index (χ2v) is 18.4. The minimum Gasteiger partial charge on any atom is -0.496 e. The summed E-state index contributed by atoms with van der Waals surface area (Å²) in [5.41, 5.74) is 1.77. The number of rotatable bonds is 5. The zero-order valence-corrected chi connectivity index (χ0v) is 33.7. The van der Waals surface area contributed by atoms with Gasteiger partial charge in [-0.15, -0.1) is 0 Å². The number of nitrogens with zero attached hydrogens (tertiary/aromatic N) is 2. The molecule has 1 N–H and O–H groups in total. The molecule has 3 fully saturated rings. The first-order valence-corrected chi connectivity index (χ1v) is 22.2. The van der Waals surface area contributed by atoms with E-state index in [9.17, 15) is 27.6 Å². The fraction of sp³-hybridized carbons (Fsp3) is 0.489. The smallest absolute Gasteiger partial charge is 0.306 e. The average Bonchev–Trinajstić information content (AvgIpc) is 4.14. The number of ether oxygens (including phenoxy) is 3. The van der Waals surface area contributed by atoms with Crippen molar-refractivity contribution in [2.45, 2.75) is 101 Å². The van der Waals surface area contributed by atoms with Crippen LogP contribution in [-0.4, -0.2) is 79.5 Å². The van der Waals surface area contributed by atoms with Crippen molar-refractivity contribution in [1.82, 2.24) is 14.6 Å². The predicted molar refractivity (Wildman–Crippen MR) is 218 cm³/mol. The number of aromatic nitrogens is 1. The Labute approximate surface area is 339 Å². The Morgan fingerprint density at radius 3 is 2.59 bits per heavy atom. The van der Waals surface area contributed by atoms with E-state index >= 15 is 0 Å². The lowest BCUT2D eigenvalue weighted by Crippen LogP contribution is -2.46. The molecule has 1 aromatic heterocycles. The predicted octanol–water partition coefficient (Wildman–Crippen LogP) is 6.71. The molecule has 0 unspecified atom stereocenters. The molecule has 2 amide bonds. The van der Waals surface area contributed by atoms with E-state index in [1.807, 2.05) is 72.8 Å². The molecule has 306 valence electrons. The van der Waals surface area contributed by atoms with Crippen LogP contribution in [0.15, 0.2) is 66.8 Å². The van der Waals surface area contributed by atoms with E-state index in [1.165, 1.54) is 0 Å². The van der Waals surface area contributed by atoms with Crippen molar-refractivity contribution < 1.29 is 41.8 Å². The van der Waals surface area contributed by atoms with Crippen LogP contribution in [0.25, 0.3) is 28.2 Å². The molecule has 5 bridgehead atoms. The van der Waals surface area contributed by atoms with Crippen LogP contribution >= 0.6 is 0 Å². The van der Waals surface area contributed by atoms with Gasteiger partial charge in [0.05, 0.1) is 54.6 Å². The summed E-state index contributed by atoms with van der Waals surface area (Å²) < 4.78 is 46.5. The summed E-state index contributed by atoms with van der Waals surface area (Å²) in [6.45, 7) is 0.275. The van der Waals surface area contributed by atoms with E-state index in [1.54, 1.807) is 12.0 Å². The molecule has 2 aliphatic carbocycles. The number of benzene rings is 2. The number of ketones is 1. The summed E-state index contributed by atoms with van der Waals surface area (Å²) in [7, 11) is -2.25. The molecule has 0 spiro atoms. The number of cyclic esters (lactones) is 1. The average molecular weight is 810 g/mol. The number of pyridine rings is 1. The molecule has 2 saturated carbocycles. The lowest BCUT2D eigenvalue weighted by Gasteiger charge is -2.29. The zero-order valence-electron chi connectivity index (χ0n) is 32.9. The molecule has 4 heterocycles. The van der Waals surface area contributed by atoms with Gasteiger partial charge < -0.3 is 19.1 Å². The molecule has 58 heavy (non-hydrogen) atoms. The maximum absolute atomic E-state index is 14.7. The van der Waals surface area contributed by atoms with Gasteiger partial charge in [0.1, 0.15) is 17.6 Å². The highest BCUT2D eigenvalue weighted by atomic mass is 32.2. The second kappa shape index (κ2) is 16.7. The quantitative estimate of drug-likeness (QED) is 0.217. The molecule has 3 aromatic rings. The molecular formula is C45H51N3O9S. The first-order valence-electron chi connectivity index (χ1n) is 20.7. The van der Waals surface area contributed by atoms with Crippen LogP contribution < -0.4 is 14.2 Å². The molecule has 12 nitrogen and oxygen atoms in total. The Morgan fingerprint density at radius 2 is 1.79 bits per heavy atom. The van der Waals surface area contributed by atoms with E-state index in [0.717, 1.165) is 35.8 Å². The van der Waals surface area contributed by atoms with E-state index in [2.05, 4.69) is 4.72 Å². The molecule has 2 aromatic carbocycles. The number of allylic oxidation sites excluding steroid dienone is 3. The molecule has 5 aliphatic rings. The molecule has 1 saturated heterocycles. The number of hydrogen-bond acceptors (Lipinski definition) is 10. The van der Waals surface area contributed by atoms with Crippen LogP contribution in [0.2, 0.25) is 0 Å². The fourth-order valence-corrected chi connectivity index (χ4v) is 10.1. The van der Waals surface area contributed by atoms with Crippen LogP contribution in [0.4, 0.5) is 0 Å². The van der Waals surface area contributed by atoms with Crippen molar-refractivity contribution in [3.05, 3.63) is 72.3 Å². The van der Waals surface area contributed by atoms with Gasteiger partial charge in [0, 0.05) is 47.4 Å². The van der Waals surface area contributed by atoms with Crippen LogP contribution in [0.5, 0.6) is 11.5 Å². The number of Topliss-reactive ketones (excluding diaryl/α,β-unsaturated/α-hetero) is 1. The minimum atomic E-state index is -3.85. The highest BCUT2D eigenvalue weighted by molar-refractivity contribution is 7.90. The number of methoxy groups -OCH3 is 1. The molecule has 3 aliphatic heterocycles. The minimum absolute atomic E-state index is 0.0762. The topological polar surface area (TPSA) is 158 Å². The number of sulfonamides is 1. The summed E-state index contributed by atoms with van der Waals surface area (Å²) in [5, 5.41) is 0.136. The van der Waals surface area contributed by atoms with Gasteiger partial charge in [0.15, 0.2) is 5.78 Å². The van der Waals surface area contributed by atoms with Crippen molar-refractivity contribution in [1.29, 1.82) is 0 Å². The summed E-state index contributed by atoms with van der Waals surface area (Å²) in [5.74, 6) is -1.65. The van der Waals surface area contributed by atoms with Crippen molar-refractivity contribution in [3.63, 3.8) is 0 Å². The normalized spacial score (nSPS) is 28.2. The number of carbonyl (C=O) groups is 4. The second-order valence-electron chi connectivity index (χ2n) is 16.5. The van der Waals surface area contributed by atoms with E-state index < -0.39 is 50.6 Å². The lowest BCUT2D eigenvalue weighted by atomic mass is 9.90. The van der Waals surface area contributed by atoms with Crippen LogP contribution in [0.1, 0.15) is 89.0 Å². The highest BCUT2D eigenvalue weighted by Crippen LogP contribution is 2.57. The summed E-state index contributed by atoms with van der Waals surface area (Å²) in [6.07, 6.45) is 13.3. The van der Waals surface area contributed by atoms with Gasteiger partial charge in [-0.3, -0.25) is 23.9 Å². The molecule has 5 atom stereocenters. The third kappa shape index (κ3) is 8.55. The number of fused-ring (bicyclic) bond motifs is 4. The summed E-state index contributed by atoms with van der Waals surface area (Å²) in [4.78, 5) is 63.1. The molecule has 13 heteroatoms. The van der Waals surface area contributed by atoms with Crippen molar-refractivity contribution in [2.75, 3.05) is 20.3 Å². The van der Waals surface area contributed by atoms with E-state index in [0.29, 0.717) is 67.7 Å². The number of amides is 2. The maximum atomic E-state index is 14.7. The van der Waals surface area contributed by atoms with Crippen LogP contribution in [0.3, 0.4) is 0 Å². The Hall–Kier alpha value is -5.04. The Bertz CT molecular complexity index is 2250. The number of nitrogens with one attached hydrogen (secondary N) is 1. The van der Waals surface area contributed by atoms with Gasteiger partial charge in [-0.25, -0.2) is 13.4 Å². The zero-order chi connectivity index (χ0) is 40.4. The number of esters is 1. The standard InChI is InChI=1S/C45H51N3O9S/c1-55-40-25-37-35-21-30(40)15-10-6-12-20-56-42(50)22-31-16-7-3-2-4-11-17-32-26-45(32,44(52)47-58(53,54)34-18-19-34)27-39(49)38-23-33(28-48(38)43(31)51)57-41(35)24-36(46-37)29-13-8-5-9-14-29/h5,8-11,13-15,17,21,24-25,31-34,38H,2-4,6-7,12,16,18-20,22-23,26-28H2,1H3,(H,47,52)/b15-10+,17-11-/t31-,32+,33-,38+,45-/m1/s1. The monoisotopic (exact) mass is 809 g/mol. The highest BCUT2D eigenvalue weighted by Gasteiger charge is 2.61. The molecule has 8 rings (SSSR count). The van der Waals surface area contributed by atoms with Crippen molar-refractivity contribution in [3.8, 4) is 22.8 Å². The van der Waals surface area contributed by atoms with Gasteiger partial charge in [-0.05, 0) is 63.4 Å². The van der Waals surface area contributed by atoms with Gasteiger partial charge in [-0.1, -0.05) is 67.5 Å². The fourth-order valence-electron chi connectivity index (χ4n) is 8.76. The number of carbonyl (C=O) groups excluding carboxylic acids is 4. The van der Waals surface area contributed by atoms with Gasteiger partial charge in [0.2, 0.25) is 21.8 Å². The van der Waals surface area contributed by atoms with Crippen LogP contribution in [0, 0.1) is 17.3 Å². The van der Waals surface area contributed by atoms with E-state index in [4.69, 9.17) is 19.2 Å². The third-order valence-electron chi connectivity index (χ3n) is 12.3. The van der Waals surface area contributed by atoms with Gasteiger partial charge in [0.25, 0.3) is 0 Å². The SMILES string of the molecule is COc1cc2nc(-c3ccccc3)cc3c2cc1/C=C/CCCOC(=O)C[C@H]1CCCCC/C=C\[C@H]2C[C@@]2(C(=O)NS(=O)(=O)C2CC2)CC(=O)[C@@H]2C[C@H](CN2C1=O)O3. The Balaban J connectivity index is 1.19. The van der Waals surface area contributed by atoms with E-state index in [-0.39, 0.29) is 50.0 Å². The van der Waals surface area contributed by atoms with Crippen LogP contribution in [-0.2, 0) is 33.9 Å². The molecular weight excluding hydrogens is 759 g/mol. The Morgan fingerprint density at radius 1 is 0.983 bits per heavy atom. The first kappa shape index (κ1) is 39.8. The third-order valence-corrected chi connectivity index (χ3v) is 14.1. The largest absolute Gasteiger partial charge is 0.496 e. The van der Waals surface area contributed by atoms with Crippen molar-refractivity contribution >= 4 is 50.6 Å².